The molecular formula is C13H22N2O5S. The summed E-state index contributed by atoms with van der Waals surface area (Å²) < 4.78 is 23.0. The third kappa shape index (κ3) is 4.59. The number of carboxylic acid groups (broad SMARTS) is 1. The van der Waals surface area contributed by atoms with Crippen molar-refractivity contribution in [3.05, 3.63) is 0 Å². The maximum Gasteiger partial charge on any atom is 0.315 e. The van der Waals surface area contributed by atoms with E-state index in [0.29, 0.717) is 25.8 Å². The van der Waals surface area contributed by atoms with Gasteiger partial charge in [0.15, 0.2) is 9.84 Å². The summed E-state index contributed by atoms with van der Waals surface area (Å²) in [6.07, 6.45) is 3.55. The summed E-state index contributed by atoms with van der Waals surface area (Å²) in [6, 6.07) is -0.754. The number of urea groups is 1. The summed E-state index contributed by atoms with van der Waals surface area (Å²) in [5, 5.41) is 14.4. The number of hydrogen-bond acceptors (Lipinski definition) is 4. The zero-order valence-electron chi connectivity index (χ0n) is 11.9. The summed E-state index contributed by atoms with van der Waals surface area (Å²) in [5.41, 5.74) is 0. The van der Waals surface area contributed by atoms with Gasteiger partial charge in [-0.3, -0.25) is 4.79 Å². The standard InChI is InChI=1S/C13H22N2O5S/c16-12(17)11-5-1-3-9(11)7-14-13(18)15-10-4-2-6-21(19,20)8-10/h9-11H,1-8H2,(H,16,17)(H2,14,15,18). The SMILES string of the molecule is O=C(NCC1CCCC1C(=O)O)NC1CCCS(=O)(=O)C1. The van der Waals surface area contributed by atoms with Crippen molar-refractivity contribution in [1.29, 1.82) is 0 Å². The van der Waals surface area contributed by atoms with Gasteiger partial charge in [-0.1, -0.05) is 6.42 Å². The molecule has 1 saturated carbocycles. The lowest BCUT2D eigenvalue weighted by molar-refractivity contribution is -0.142. The lowest BCUT2D eigenvalue weighted by Crippen LogP contribution is -2.48. The Balaban J connectivity index is 1.76. The van der Waals surface area contributed by atoms with Crippen molar-refractivity contribution in [3.8, 4) is 0 Å². The van der Waals surface area contributed by atoms with Gasteiger partial charge in [0.05, 0.1) is 17.4 Å². The maximum atomic E-state index is 11.8. The molecule has 7 nitrogen and oxygen atoms in total. The Morgan fingerprint density at radius 2 is 1.90 bits per heavy atom. The van der Waals surface area contributed by atoms with E-state index in [-0.39, 0.29) is 29.4 Å². The molecule has 0 spiro atoms. The van der Waals surface area contributed by atoms with Crippen LogP contribution in [0.4, 0.5) is 4.79 Å². The van der Waals surface area contributed by atoms with Crippen molar-refractivity contribution in [2.75, 3.05) is 18.1 Å². The van der Waals surface area contributed by atoms with Gasteiger partial charge in [-0.25, -0.2) is 13.2 Å². The molecule has 0 radical (unpaired) electrons. The second kappa shape index (κ2) is 6.64. The molecule has 1 aliphatic carbocycles. The zero-order valence-corrected chi connectivity index (χ0v) is 12.7. The minimum absolute atomic E-state index is 0.0123. The number of aliphatic carboxylic acids is 1. The van der Waals surface area contributed by atoms with Crippen LogP contribution >= 0.6 is 0 Å². The molecule has 21 heavy (non-hydrogen) atoms. The van der Waals surface area contributed by atoms with E-state index in [2.05, 4.69) is 10.6 Å². The number of carbonyl (C=O) groups excluding carboxylic acids is 1. The highest BCUT2D eigenvalue weighted by Crippen LogP contribution is 2.31. The molecule has 8 heteroatoms. The normalized spacial score (nSPS) is 31.5. The Morgan fingerprint density at radius 3 is 2.57 bits per heavy atom. The topological polar surface area (TPSA) is 113 Å². The van der Waals surface area contributed by atoms with Crippen molar-refractivity contribution >= 4 is 21.8 Å². The van der Waals surface area contributed by atoms with Gasteiger partial charge < -0.3 is 15.7 Å². The molecule has 0 aromatic rings. The van der Waals surface area contributed by atoms with Crippen LogP contribution in [0.25, 0.3) is 0 Å². The van der Waals surface area contributed by atoms with E-state index in [1.165, 1.54) is 0 Å². The molecule has 0 bridgehead atoms. The molecule has 2 fully saturated rings. The molecular weight excluding hydrogens is 296 g/mol. The van der Waals surface area contributed by atoms with Crippen molar-refractivity contribution in [2.45, 2.75) is 38.1 Å². The highest BCUT2D eigenvalue weighted by molar-refractivity contribution is 7.91. The molecule has 3 unspecified atom stereocenters. The summed E-state index contributed by atoms with van der Waals surface area (Å²) in [7, 11) is -3.05. The van der Waals surface area contributed by atoms with Crippen LogP contribution < -0.4 is 10.6 Å². The number of hydrogen-bond donors (Lipinski definition) is 3. The number of amides is 2. The first-order valence-electron chi connectivity index (χ1n) is 7.35. The summed E-state index contributed by atoms with van der Waals surface area (Å²) in [5.74, 6) is -1.06. The first kappa shape index (κ1) is 16.1. The Labute approximate surface area is 124 Å². The van der Waals surface area contributed by atoms with Crippen LogP contribution in [0.15, 0.2) is 0 Å². The third-order valence-corrected chi connectivity index (χ3v) is 6.12. The monoisotopic (exact) mass is 318 g/mol. The number of carboxylic acids is 1. The smallest absolute Gasteiger partial charge is 0.315 e. The maximum absolute atomic E-state index is 11.8. The van der Waals surface area contributed by atoms with E-state index in [1.54, 1.807) is 0 Å². The predicted octanol–water partition coefficient (Wildman–Crippen LogP) is 0.364. The van der Waals surface area contributed by atoms with Crippen molar-refractivity contribution in [2.24, 2.45) is 11.8 Å². The zero-order chi connectivity index (χ0) is 15.5. The molecule has 1 saturated heterocycles. The average Bonchev–Trinajstić information content (AvgIpc) is 2.83. The van der Waals surface area contributed by atoms with Gasteiger partial charge in [-0.15, -0.1) is 0 Å². The van der Waals surface area contributed by atoms with Crippen LogP contribution in [0, 0.1) is 11.8 Å². The number of nitrogens with one attached hydrogen (secondary N) is 2. The molecule has 2 amide bonds. The Morgan fingerprint density at radius 1 is 1.14 bits per heavy atom. The second-order valence-electron chi connectivity index (χ2n) is 5.94. The van der Waals surface area contributed by atoms with Gasteiger partial charge in [0.1, 0.15) is 0 Å². The molecule has 0 aromatic carbocycles. The van der Waals surface area contributed by atoms with Gasteiger partial charge in [0.25, 0.3) is 0 Å². The number of carbonyl (C=O) groups is 2. The Bertz CT molecular complexity index is 505. The molecule has 0 aromatic heterocycles. The first-order chi connectivity index (χ1) is 9.87. The minimum atomic E-state index is -3.05. The van der Waals surface area contributed by atoms with Crippen LogP contribution in [0.5, 0.6) is 0 Å². The van der Waals surface area contributed by atoms with Crippen molar-refractivity contribution in [3.63, 3.8) is 0 Å². The van der Waals surface area contributed by atoms with Gasteiger partial charge in [-0.2, -0.15) is 0 Å². The summed E-state index contributed by atoms with van der Waals surface area (Å²) >= 11 is 0. The molecule has 3 N–H and O–H groups in total. The van der Waals surface area contributed by atoms with Crippen LogP contribution in [-0.4, -0.2) is 49.6 Å². The van der Waals surface area contributed by atoms with E-state index in [1.807, 2.05) is 0 Å². The third-order valence-electron chi connectivity index (χ3n) is 4.30. The van der Waals surface area contributed by atoms with Gasteiger partial charge in [-0.05, 0) is 31.6 Å². The lowest BCUT2D eigenvalue weighted by Gasteiger charge is -2.24. The van der Waals surface area contributed by atoms with E-state index >= 15 is 0 Å². The highest BCUT2D eigenvalue weighted by atomic mass is 32.2. The molecule has 3 atom stereocenters. The highest BCUT2D eigenvalue weighted by Gasteiger charge is 2.33. The first-order valence-corrected chi connectivity index (χ1v) is 9.17. The van der Waals surface area contributed by atoms with Crippen molar-refractivity contribution in [1.82, 2.24) is 10.6 Å². The largest absolute Gasteiger partial charge is 0.481 e. The fourth-order valence-corrected chi connectivity index (χ4v) is 4.84. The fraction of sp³-hybridized carbons (Fsp3) is 0.846. The van der Waals surface area contributed by atoms with E-state index in [0.717, 1.165) is 12.8 Å². The second-order valence-corrected chi connectivity index (χ2v) is 8.17. The Hall–Kier alpha value is -1.31. The number of sulfone groups is 1. The van der Waals surface area contributed by atoms with E-state index in [9.17, 15) is 18.0 Å². The number of rotatable bonds is 4. The van der Waals surface area contributed by atoms with E-state index in [4.69, 9.17) is 5.11 Å². The van der Waals surface area contributed by atoms with E-state index < -0.39 is 21.8 Å². The summed E-state index contributed by atoms with van der Waals surface area (Å²) in [6.45, 7) is 0.322. The summed E-state index contributed by atoms with van der Waals surface area (Å²) in [4.78, 5) is 22.8. The van der Waals surface area contributed by atoms with Crippen LogP contribution in [-0.2, 0) is 14.6 Å². The fourth-order valence-electron chi connectivity index (χ4n) is 3.20. The molecule has 120 valence electrons. The molecule has 2 rings (SSSR count). The molecule has 1 aliphatic heterocycles. The minimum Gasteiger partial charge on any atom is -0.481 e. The average molecular weight is 318 g/mol. The van der Waals surface area contributed by atoms with Crippen molar-refractivity contribution < 1.29 is 23.1 Å². The van der Waals surface area contributed by atoms with Gasteiger partial charge in [0, 0.05) is 12.6 Å². The van der Waals surface area contributed by atoms with Crippen LogP contribution in [0.1, 0.15) is 32.1 Å². The van der Waals surface area contributed by atoms with Gasteiger partial charge >= 0.3 is 12.0 Å². The van der Waals surface area contributed by atoms with Gasteiger partial charge in [0.2, 0.25) is 0 Å². The predicted molar refractivity (Wildman–Crippen MR) is 76.7 cm³/mol. The van der Waals surface area contributed by atoms with Crippen LogP contribution in [0.2, 0.25) is 0 Å². The van der Waals surface area contributed by atoms with Crippen LogP contribution in [0.3, 0.4) is 0 Å². The lowest BCUT2D eigenvalue weighted by atomic mass is 9.96. The Kier molecular flexibility index (Phi) is 5.08. The molecule has 1 heterocycles. The quantitative estimate of drug-likeness (QED) is 0.693. The molecule has 2 aliphatic rings.